The van der Waals surface area contributed by atoms with Gasteiger partial charge in [-0.05, 0) is 63.5 Å². The van der Waals surface area contributed by atoms with Gasteiger partial charge in [0.2, 0.25) is 10.0 Å². The van der Waals surface area contributed by atoms with Gasteiger partial charge in [0.1, 0.15) is 5.75 Å². The minimum Gasteiger partial charge on any atom is -0.508 e. The van der Waals surface area contributed by atoms with Crippen LogP contribution in [0.4, 0.5) is 0 Å². The third kappa shape index (κ3) is 4.19. The minimum absolute atomic E-state index is 0.0387. The fraction of sp³-hybridized carbons (Fsp3) is 0.571. The Balaban J connectivity index is 1.84. The van der Waals surface area contributed by atoms with Crippen molar-refractivity contribution in [2.24, 2.45) is 5.92 Å². The monoisotopic (exact) mass is 298 g/mol. The van der Waals surface area contributed by atoms with Crippen molar-refractivity contribution in [2.45, 2.75) is 24.2 Å². The van der Waals surface area contributed by atoms with Gasteiger partial charge < -0.3 is 10.0 Å². The molecule has 0 spiro atoms. The van der Waals surface area contributed by atoms with Crippen molar-refractivity contribution in [3.63, 3.8) is 0 Å². The number of nitrogens with zero attached hydrogens (tertiary/aromatic N) is 1. The molecule has 2 N–H and O–H groups in total. The van der Waals surface area contributed by atoms with Gasteiger partial charge in [0, 0.05) is 6.54 Å². The van der Waals surface area contributed by atoms with E-state index in [2.05, 4.69) is 16.7 Å². The number of sulfonamides is 1. The summed E-state index contributed by atoms with van der Waals surface area (Å²) in [6.07, 6.45) is 3.13. The number of phenolic OH excluding ortho intramolecular Hbond substituents is 1. The number of rotatable bonds is 5. The van der Waals surface area contributed by atoms with Crippen molar-refractivity contribution in [3.05, 3.63) is 24.3 Å². The zero-order valence-electron chi connectivity index (χ0n) is 11.7. The molecule has 0 aromatic heterocycles. The van der Waals surface area contributed by atoms with Gasteiger partial charge >= 0.3 is 0 Å². The second kappa shape index (κ2) is 6.56. The highest BCUT2D eigenvalue weighted by Gasteiger charge is 2.18. The van der Waals surface area contributed by atoms with Crippen LogP contribution in [-0.2, 0) is 10.0 Å². The average Bonchev–Trinajstić information content (AvgIpc) is 2.41. The van der Waals surface area contributed by atoms with E-state index >= 15 is 0 Å². The summed E-state index contributed by atoms with van der Waals surface area (Å²) in [6, 6.07) is 5.73. The molecule has 0 bridgehead atoms. The van der Waals surface area contributed by atoms with E-state index < -0.39 is 10.0 Å². The first-order chi connectivity index (χ1) is 9.47. The van der Waals surface area contributed by atoms with E-state index in [9.17, 15) is 13.5 Å². The first-order valence-electron chi connectivity index (χ1n) is 6.94. The van der Waals surface area contributed by atoms with Crippen LogP contribution in [0.15, 0.2) is 29.2 Å². The highest BCUT2D eigenvalue weighted by molar-refractivity contribution is 7.89. The summed E-state index contributed by atoms with van der Waals surface area (Å²) in [5.41, 5.74) is 0. The normalized spacial score (nSPS) is 18.2. The molecule has 20 heavy (non-hydrogen) atoms. The average molecular weight is 298 g/mol. The maximum absolute atomic E-state index is 12.0. The molecule has 0 radical (unpaired) electrons. The molecule has 0 atom stereocenters. The van der Waals surface area contributed by atoms with Gasteiger partial charge in [0.15, 0.2) is 0 Å². The Hall–Kier alpha value is -1.11. The molecule has 0 aliphatic carbocycles. The number of hydrogen-bond donors (Lipinski definition) is 2. The Kier molecular flexibility index (Phi) is 5.01. The van der Waals surface area contributed by atoms with Crippen LogP contribution >= 0.6 is 0 Å². The van der Waals surface area contributed by atoms with Crippen LogP contribution in [0.1, 0.15) is 19.3 Å². The number of likely N-dealkylation sites (tertiary alicyclic amines) is 1. The lowest BCUT2D eigenvalue weighted by molar-refractivity contribution is 0.213. The Morgan fingerprint density at radius 1 is 1.35 bits per heavy atom. The number of benzene rings is 1. The van der Waals surface area contributed by atoms with E-state index in [1.807, 2.05) is 0 Å². The van der Waals surface area contributed by atoms with Crippen molar-refractivity contribution >= 4 is 10.0 Å². The van der Waals surface area contributed by atoms with Gasteiger partial charge in [0.25, 0.3) is 0 Å². The molecule has 1 saturated heterocycles. The van der Waals surface area contributed by atoms with Crippen LogP contribution in [0, 0.1) is 5.92 Å². The van der Waals surface area contributed by atoms with Gasteiger partial charge in [-0.3, -0.25) is 0 Å². The summed E-state index contributed by atoms with van der Waals surface area (Å²) >= 11 is 0. The highest BCUT2D eigenvalue weighted by Crippen LogP contribution is 2.20. The standard InChI is InChI=1S/C14H22N2O3S/c1-16-9-6-12(7-10-16)5-8-15-20(18,19)14-4-2-3-13(17)11-14/h2-4,11-12,15,17H,5-10H2,1H3. The number of piperidine rings is 1. The molecular formula is C14H22N2O3S. The fourth-order valence-electron chi connectivity index (χ4n) is 2.48. The summed E-state index contributed by atoms with van der Waals surface area (Å²) in [4.78, 5) is 2.41. The molecule has 1 heterocycles. The SMILES string of the molecule is CN1CCC(CCNS(=O)(=O)c2cccc(O)c2)CC1. The molecule has 0 unspecified atom stereocenters. The molecule has 1 fully saturated rings. The zero-order chi connectivity index (χ0) is 14.6. The van der Waals surface area contributed by atoms with Gasteiger partial charge in [-0.1, -0.05) is 6.07 Å². The van der Waals surface area contributed by atoms with Gasteiger partial charge in [-0.2, -0.15) is 0 Å². The molecule has 2 rings (SSSR count). The van der Waals surface area contributed by atoms with Crippen LogP contribution in [-0.4, -0.2) is 45.1 Å². The summed E-state index contributed by atoms with van der Waals surface area (Å²) in [5.74, 6) is 0.557. The maximum atomic E-state index is 12.0. The van der Waals surface area contributed by atoms with E-state index in [0.717, 1.165) is 32.4 Å². The van der Waals surface area contributed by atoms with Crippen molar-refractivity contribution in [2.75, 3.05) is 26.7 Å². The van der Waals surface area contributed by atoms with Crippen LogP contribution in [0.25, 0.3) is 0 Å². The Bertz CT molecular complexity index is 537. The molecule has 1 aromatic rings. The molecular weight excluding hydrogens is 276 g/mol. The molecule has 6 heteroatoms. The first-order valence-corrected chi connectivity index (χ1v) is 8.43. The quantitative estimate of drug-likeness (QED) is 0.862. The van der Waals surface area contributed by atoms with Crippen molar-refractivity contribution in [1.29, 1.82) is 0 Å². The second-order valence-corrected chi connectivity index (χ2v) is 7.20. The molecule has 5 nitrogen and oxygen atoms in total. The Morgan fingerprint density at radius 3 is 2.70 bits per heavy atom. The maximum Gasteiger partial charge on any atom is 0.240 e. The van der Waals surface area contributed by atoms with Crippen molar-refractivity contribution < 1.29 is 13.5 Å². The van der Waals surface area contributed by atoms with Crippen LogP contribution in [0.2, 0.25) is 0 Å². The van der Waals surface area contributed by atoms with E-state index in [0.29, 0.717) is 12.5 Å². The van der Waals surface area contributed by atoms with Crippen LogP contribution in [0.5, 0.6) is 5.75 Å². The van der Waals surface area contributed by atoms with E-state index in [1.165, 1.54) is 24.3 Å². The number of aromatic hydroxyl groups is 1. The molecule has 112 valence electrons. The van der Waals surface area contributed by atoms with Crippen LogP contribution < -0.4 is 4.72 Å². The highest BCUT2D eigenvalue weighted by atomic mass is 32.2. The van der Waals surface area contributed by atoms with Gasteiger partial charge in [0.05, 0.1) is 4.90 Å². The zero-order valence-corrected chi connectivity index (χ0v) is 12.6. The van der Waals surface area contributed by atoms with E-state index in [-0.39, 0.29) is 10.6 Å². The van der Waals surface area contributed by atoms with Crippen LogP contribution in [0.3, 0.4) is 0 Å². The fourth-order valence-corrected chi connectivity index (χ4v) is 3.57. The van der Waals surface area contributed by atoms with Gasteiger partial charge in [-0.15, -0.1) is 0 Å². The first kappa shape index (κ1) is 15.3. The lowest BCUT2D eigenvalue weighted by Gasteiger charge is -2.28. The van der Waals surface area contributed by atoms with E-state index in [1.54, 1.807) is 0 Å². The molecule has 0 amide bonds. The smallest absolute Gasteiger partial charge is 0.240 e. The predicted octanol–water partition coefficient (Wildman–Crippen LogP) is 1.40. The van der Waals surface area contributed by atoms with Gasteiger partial charge in [-0.25, -0.2) is 13.1 Å². The minimum atomic E-state index is -3.51. The molecule has 1 aliphatic rings. The third-order valence-electron chi connectivity index (χ3n) is 3.81. The van der Waals surface area contributed by atoms with Crippen molar-refractivity contribution in [3.8, 4) is 5.75 Å². The lowest BCUT2D eigenvalue weighted by atomic mass is 9.94. The molecule has 1 aromatic carbocycles. The second-order valence-electron chi connectivity index (χ2n) is 5.43. The number of hydrogen-bond acceptors (Lipinski definition) is 4. The Morgan fingerprint density at radius 2 is 2.05 bits per heavy atom. The number of nitrogens with one attached hydrogen (secondary N) is 1. The van der Waals surface area contributed by atoms with E-state index in [4.69, 9.17) is 0 Å². The third-order valence-corrected chi connectivity index (χ3v) is 5.27. The predicted molar refractivity (Wildman–Crippen MR) is 78.1 cm³/mol. The summed E-state index contributed by atoms with van der Waals surface area (Å²) in [7, 11) is -1.40. The Labute approximate surface area is 120 Å². The topological polar surface area (TPSA) is 69.6 Å². The molecule has 1 aliphatic heterocycles. The molecule has 0 saturated carbocycles. The summed E-state index contributed by atoms with van der Waals surface area (Å²) < 4.78 is 26.7. The number of phenols is 1. The lowest BCUT2D eigenvalue weighted by Crippen LogP contribution is -2.32. The van der Waals surface area contributed by atoms with Crippen molar-refractivity contribution in [1.82, 2.24) is 9.62 Å². The summed E-state index contributed by atoms with van der Waals surface area (Å²) in [6.45, 7) is 2.63. The largest absolute Gasteiger partial charge is 0.508 e. The summed E-state index contributed by atoms with van der Waals surface area (Å²) in [5, 5.41) is 9.33.